The van der Waals surface area contributed by atoms with Crippen LogP contribution in [0.15, 0.2) is 155 Å². The molecule has 25 nitrogen and oxygen atoms in total. The van der Waals surface area contributed by atoms with Gasteiger partial charge in [-0.05, 0) is 109 Å². The van der Waals surface area contributed by atoms with Gasteiger partial charge < -0.3 is 77.8 Å². The minimum atomic E-state index is -1.49. The van der Waals surface area contributed by atoms with Gasteiger partial charge in [0.15, 0.2) is 15.7 Å². The number of anilines is 1. The van der Waals surface area contributed by atoms with Crippen LogP contribution in [-0.2, 0) is 57.6 Å². The van der Waals surface area contributed by atoms with Crippen molar-refractivity contribution in [2.75, 3.05) is 25.0 Å². The number of aliphatic carboxylic acids is 3. The average Bonchev–Trinajstić information content (AvgIpc) is 0.759. The lowest BCUT2D eigenvalue weighted by Crippen LogP contribution is -2.55. The summed E-state index contributed by atoms with van der Waals surface area (Å²) in [6, 6.07) is 33.4. The predicted molar refractivity (Wildman–Crippen MR) is 342 cm³/mol. The lowest BCUT2D eigenvalue weighted by molar-refractivity contribution is -0.141. The molecule has 5 amide bonds. The van der Waals surface area contributed by atoms with Crippen molar-refractivity contribution >= 4 is 105 Å². The van der Waals surface area contributed by atoms with E-state index in [2.05, 4.69) is 47.9 Å². The first-order valence-electron chi connectivity index (χ1n) is 28.5. The Morgan fingerprint density at radius 3 is 1.66 bits per heavy atom. The molecule has 5 atom stereocenters. The second-order valence-electron chi connectivity index (χ2n) is 20.8. The summed E-state index contributed by atoms with van der Waals surface area (Å²) in [4.78, 5) is 129. The van der Waals surface area contributed by atoms with Crippen LogP contribution < -0.4 is 53.3 Å². The minimum Gasteiger partial charge on any atom is -0.508 e. The van der Waals surface area contributed by atoms with Gasteiger partial charge in [-0.2, -0.15) is 0 Å². The van der Waals surface area contributed by atoms with Gasteiger partial charge in [-0.15, -0.1) is 0 Å². The molecule has 7 rings (SSSR count). The van der Waals surface area contributed by atoms with E-state index in [1.165, 1.54) is 36.4 Å². The minimum absolute atomic E-state index is 0.0162. The number of fused-ring (bicyclic) bond motifs is 2. The Morgan fingerprint density at radius 1 is 0.495 bits per heavy atom. The predicted octanol–water partition coefficient (Wildman–Crippen LogP) is 4.08. The Labute approximate surface area is 530 Å². The van der Waals surface area contributed by atoms with Crippen LogP contribution >= 0.6 is 24.4 Å². The summed E-state index contributed by atoms with van der Waals surface area (Å²) in [6.07, 6.45) is -1.13. The molecular weight excluding hydrogens is 1210 g/mol. The molecule has 2 aliphatic rings. The fourth-order valence-corrected chi connectivity index (χ4v) is 10.2. The number of carboxylic acid groups (broad SMARTS) is 4. The van der Waals surface area contributed by atoms with E-state index >= 15 is 0 Å². The zero-order chi connectivity index (χ0) is 65.6. The highest BCUT2D eigenvalue weighted by Crippen LogP contribution is 2.42. The highest BCUT2D eigenvalue weighted by molar-refractivity contribution is 7.80. The third-order valence-corrected chi connectivity index (χ3v) is 14.6. The summed E-state index contributed by atoms with van der Waals surface area (Å²) >= 11 is 10.8. The van der Waals surface area contributed by atoms with Gasteiger partial charge in [0.25, 0.3) is 0 Å². The maximum Gasteiger partial charge on any atom is 0.336 e. The van der Waals surface area contributed by atoms with Crippen LogP contribution in [0.5, 0.6) is 5.75 Å². The van der Waals surface area contributed by atoms with Gasteiger partial charge in [-0.3, -0.25) is 33.6 Å². The number of amides is 5. The van der Waals surface area contributed by atoms with Crippen molar-refractivity contribution < 1.29 is 73.1 Å². The van der Waals surface area contributed by atoms with Crippen molar-refractivity contribution in [3.8, 4) is 28.2 Å². The number of hydrogen-bond acceptors (Lipinski definition) is 14. The molecule has 0 saturated carbocycles. The highest BCUT2D eigenvalue weighted by atomic mass is 32.1. The molecule has 91 heavy (non-hydrogen) atoms. The van der Waals surface area contributed by atoms with E-state index in [0.29, 0.717) is 28.5 Å². The fourth-order valence-electron chi connectivity index (χ4n) is 9.65. The first-order valence-corrected chi connectivity index (χ1v) is 29.3. The number of thiocarbonyl (C=S) groups is 2. The SMILES string of the molecule is O=C(O)CC[C@H](NC(=S)N[C@@H](CCC(=O)N[C@@H](Cc1ccccc1)C(=O)NCCNC(=O)CNC(=O)[C@H](CCc1ccccc1)NC(=O)[C@H](Cc1ccccc1)NC(=S)Nc1ccc(-c2c3ccc(=O)cc-3oc3cc(O)ccc23)c(C(=O)O)c1)C(=O)O)C(=O)O. The van der Waals surface area contributed by atoms with Crippen molar-refractivity contribution in [1.29, 1.82) is 0 Å². The van der Waals surface area contributed by atoms with Crippen molar-refractivity contribution in [1.82, 2.24) is 42.5 Å². The Bertz CT molecular complexity index is 3840. The molecule has 1 aliphatic carbocycles. The van der Waals surface area contributed by atoms with Gasteiger partial charge in [-0.1, -0.05) is 97.1 Å². The maximum atomic E-state index is 14.5. The van der Waals surface area contributed by atoms with Crippen LogP contribution in [0.2, 0.25) is 0 Å². The van der Waals surface area contributed by atoms with Crippen LogP contribution in [0, 0.1) is 0 Å². The number of carbonyl (C=O) groups excluding carboxylic acids is 5. The van der Waals surface area contributed by atoms with Crippen LogP contribution in [0.25, 0.3) is 33.4 Å². The van der Waals surface area contributed by atoms with Crippen molar-refractivity contribution in [3.05, 3.63) is 178 Å². The number of phenols is 1. The molecular formula is C64H65N9O16S2. The van der Waals surface area contributed by atoms with Gasteiger partial charge >= 0.3 is 23.9 Å². The fraction of sp³-hybridized carbons (Fsp3) is 0.250. The Hall–Kier alpha value is -10.8. The van der Waals surface area contributed by atoms with Gasteiger partial charge in [0.2, 0.25) is 29.5 Å². The van der Waals surface area contributed by atoms with E-state index in [9.17, 15) is 68.4 Å². The summed E-state index contributed by atoms with van der Waals surface area (Å²) in [5.74, 6) is -8.71. The molecule has 1 aliphatic heterocycles. The number of aromatic hydroxyl groups is 1. The van der Waals surface area contributed by atoms with E-state index in [1.807, 2.05) is 30.3 Å². The van der Waals surface area contributed by atoms with Crippen LogP contribution in [-0.4, -0.2) is 139 Å². The largest absolute Gasteiger partial charge is 0.508 e. The van der Waals surface area contributed by atoms with E-state index < -0.39 is 108 Å². The molecule has 0 radical (unpaired) electrons. The summed E-state index contributed by atoms with van der Waals surface area (Å²) < 4.78 is 5.95. The third-order valence-electron chi connectivity index (χ3n) is 14.2. The first-order chi connectivity index (χ1) is 43.6. The molecule has 0 saturated heterocycles. The number of carbonyl (C=O) groups is 9. The molecule has 27 heteroatoms. The third kappa shape index (κ3) is 20.6. The Morgan fingerprint density at radius 2 is 1.05 bits per heavy atom. The number of carboxylic acids is 4. The zero-order valence-electron chi connectivity index (χ0n) is 48.6. The number of hydrogen-bond donors (Lipinski definition) is 14. The molecule has 0 bridgehead atoms. The molecule has 0 spiro atoms. The van der Waals surface area contributed by atoms with E-state index in [-0.39, 0.29) is 89.6 Å². The van der Waals surface area contributed by atoms with E-state index in [4.69, 9.17) is 34.0 Å². The van der Waals surface area contributed by atoms with Crippen LogP contribution in [0.3, 0.4) is 0 Å². The monoisotopic (exact) mass is 1280 g/mol. The number of rotatable bonds is 31. The number of aromatic carboxylic acids is 1. The second-order valence-corrected chi connectivity index (χ2v) is 21.7. The van der Waals surface area contributed by atoms with Gasteiger partial charge in [0.05, 0.1) is 12.1 Å². The zero-order valence-corrected chi connectivity index (χ0v) is 50.2. The van der Waals surface area contributed by atoms with E-state index in [1.54, 1.807) is 78.9 Å². The molecule has 5 aromatic carbocycles. The Balaban J connectivity index is 0.967. The molecule has 0 aromatic heterocycles. The number of phenolic OH excluding ortho intramolecular Hbond substituents is 1. The summed E-state index contributed by atoms with van der Waals surface area (Å²) in [6.45, 7) is -0.802. The molecule has 14 N–H and O–H groups in total. The normalized spacial score (nSPS) is 12.5. The molecule has 0 unspecified atom stereocenters. The van der Waals surface area contributed by atoms with Gasteiger partial charge in [-0.25, -0.2) is 14.4 Å². The highest BCUT2D eigenvalue weighted by Gasteiger charge is 2.30. The summed E-state index contributed by atoms with van der Waals surface area (Å²) in [7, 11) is 0. The number of nitrogens with one attached hydrogen (secondary N) is 9. The molecule has 0 fully saturated rings. The maximum absolute atomic E-state index is 14.5. The van der Waals surface area contributed by atoms with Crippen LogP contribution in [0.4, 0.5) is 5.69 Å². The summed E-state index contributed by atoms with van der Waals surface area (Å²) in [5.41, 5.74) is 3.30. The van der Waals surface area contributed by atoms with Gasteiger partial charge in [0.1, 0.15) is 47.3 Å². The van der Waals surface area contributed by atoms with Crippen molar-refractivity contribution in [2.24, 2.45) is 0 Å². The number of benzene rings is 6. The average molecular weight is 1280 g/mol. The Kier molecular flexibility index (Phi) is 24.5. The smallest absolute Gasteiger partial charge is 0.336 e. The molecule has 5 aromatic rings. The quantitative estimate of drug-likeness (QED) is 0.0165. The number of aryl methyl sites for hydroxylation is 1. The van der Waals surface area contributed by atoms with E-state index in [0.717, 1.165) is 11.1 Å². The molecule has 474 valence electrons. The second kappa shape index (κ2) is 33.0. The van der Waals surface area contributed by atoms with Crippen LogP contribution in [0.1, 0.15) is 59.2 Å². The lowest BCUT2D eigenvalue weighted by Gasteiger charge is -2.25. The summed E-state index contributed by atoms with van der Waals surface area (Å²) in [5, 5.41) is 73.2. The standard InChI is InChI=1S/C64H65N9O16S2/c74-40-18-21-43-51(33-40)89-52-34-41(75)19-22-44(52)56(43)42-20-17-39(32-45(42)60(83)84)68-63(90)73-50(31-38-14-8-3-9-15-38)59(82)70-46(23-16-36-10-4-1-5-11-36)57(80)67-35-54(77)65-28-29-66-58(81)49(30-37-12-6-2-7-13-37)69-53(76)26-24-47(61(85)86)71-64(91)72-48(62(87)88)25-27-55(78)79/h1-15,17-22,32-34,46-50,74H,16,23-31,35H2,(H,65,77)(H,66,81)(H,67,80)(H,69,76)(H,70,82)(H,78,79)(H,83,84)(H,85,86)(H,87,88)(H2,68,73,90)(H2,71,72,91)/t46-,47-,48-,49-,50-/m0/s1. The topological polar surface area (TPSA) is 393 Å². The molecule has 1 heterocycles. The van der Waals surface area contributed by atoms with Gasteiger partial charge in [0, 0.05) is 73.1 Å². The van der Waals surface area contributed by atoms with Crippen molar-refractivity contribution in [3.63, 3.8) is 0 Å². The van der Waals surface area contributed by atoms with Crippen molar-refractivity contribution in [2.45, 2.75) is 81.6 Å². The lowest BCUT2D eigenvalue weighted by atomic mass is 9.90. The first kappa shape index (κ1) is 67.7.